The SMILES string of the molecule is C[C@H]1COC(=O)CCCC/C=C\C[C@H](CC(=O)N(CCO)Cc2ccccc2)C(=O)N1. The molecule has 0 aliphatic carbocycles. The van der Waals surface area contributed by atoms with Crippen LogP contribution in [0.3, 0.4) is 0 Å². The van der Waals surface area contributed by atoms with Crippen LogP contribution in [-0.4, -0.2) is 53.6 Å². The van der Waals surface area contributed by atoms with E-state index in [9.17, 15) is 19.5 Å². The molecular weight excluding hydrogens is 396 g/mol. The number of carbonyl (C=O) groups is 3. The van der Waals surface area contributed by atoms with Crippen LogP contribution in [0.4, 0.5) is 0 Å². The number of carbonyl (C=O) groups excluding carboxylic acids is 3. The molecule has 31 heavy (non-hydrogen) atoms. The van der Waals surface area contributed by atoms with Gasteiger partial charge >= 0.3 is 5.97 Å². The van der Waals surface area contributed by atoms with E-state index in [4.69, 9.17) is 4.74 Å². The third kappa shape index (κ3) is 9.34. The molecule has 2 atom stereocenters. The van der Waals surface area contributed by atoms with Gasteiger partial charge in [0.25, 0.3) is 0 Å². The fourth-order valence-electron chi connectivity index (χ4n) is 3.44. The molecule has 2 amide bonds. The van der Waals surface area contributed by atoms with E-state index < -0.39 is 5.92 Å². The van der Waals surface area contributed by atoms with Crippen LogP contribution in [-0.2, 0) is 25.7 Å². The average Bonchev–Trinajstić information content (AvgIpc) is 2.76. The van der Waals surface area contributed by atoms with Gasteiger partial charge in [-0.3, -0.25) is 14.4 Å². The molecule has 1 aliphatic rings. The van der Waals surface area contributed by atoms with Crippen molar-refractivity contribution in [3.63, 3.8) is 0 Å². The molecule has 7 heteroatoms. The fourth-order valence-corrected chi connectivity index (χ4v) is 3.44. The second-order valence-corrected chi connectivity index (χ2v) is 7.97. The van der Waals surface area contributed by atoms with Gasteiger partial charge in [-0.05, 0) is 38.2 Å². The number of hydrogen-bond donors (Lipinski definition) is 2. The molecule has 0 bridgehead atoms. The third-order valence-corrected chi connectivity index (χ3v) is 5.20. The highest BCUT2D eigenvalue weighted by atomic mass is 16.5. The highest BCUT2D eigenvalue weighted by Crippen LogP contribution is 2.16. The normalized spacial score (nSPS) is 22.0. The lowest BCUT2D eigenvalue weighted by Gasteiger charge is -2.25. The van der Waals surface area contributed by atoms with Crippen LogP contribution in [0.25, 0.3) is 0 Å². The standard InChI is InChI=1S/C24H34N2O5/c1-19-18-31-23(29)13-9-4-2-3-8-12-21(24(30)25-19)16-22(28)26(14-15-27)17-20-10-6-5-7-11-20/h3,5-8,10-11,19,21,27H,2,4,9,12-18H2,1H3,(H,25,30)/b8-3-/t19-,21+/m0/s1. The second kappa shape index (κ2) is 13.6. The molecule has 7 nitrogen and oxygen atoms in total. The van der Waals surface area contributed by atoms with Crippen molar-refractivity contribution in [1.29, 1.82) is 0 Å². The maximum atomic E-state index is 13.0. The monoisotopic (exact) mass is 430 g/mol. The minimum Gasteiger partial charge on any atom is -0.464 e. The van der Waals surface area contributed by atoms with Crippen LogP contribution in [0.15, 0.2) is 42.5 Å². The van der Waals surface area contributed by atoms with Gasteiger partial charge in [-0.15, -0.1) is 0 Å². The number of cyclic esters (lactones) is 1. The van der Waals surface area contributed by atoms with Crippen molar-refractivity contribution in [2.45, 2.75) is 58.0 Å². The number of aliphatic hydroxyl groups is 1. The zero-order valence-electron chi connectivity index (χ0n) is 18.3. The molecule has 1 aromatic carbocycles. The van der Waals surface area contributed by atoms with Gasteiger partial charge in [0.05, 0.1) is 18.6 Å². The first kappa shape index (κ1) is 24.6. The molecule has 2 N–H and O–H groups in total. The Hall–Kier alpha value is -2.67. The summed E-state index contributed by atoms with van der Waals surface area (Å²) < 4.78 is 5.23. The van der Waals surface area contributed by atoms with E-state index in [1.807, 2.05) is 42.5 Å². The molecule has 0 fully saturated rings. The number of ether oxygens (including phenoxy) is 1. The molecule has 0 saturated carbocycles. The fraction of sp³-hybridized carbons (Fsp3) is 0.542. The average molecular weight is 431 g/mol. The van der Waals surface area contributed by atoms with E-state index in [0.29, 0.717) is 19.4 Å². The Bertz CT molecular complexity index is 735. The van der Waals surface area contributed by atoms with E-state index in [0.717, 1.165) is 24.8 Å². The number of aliphatic hydroxyl groups excluding tert-OH is 1. The van der Waals surface area contributed by atoms with E-state index in [1.165, 1.54) is 0 Å². The summed E-state index contributed by atoms with van der Waals surface area (Å²) in [6.45, 7) is 2.35. The Morgan fingerprint density at radius 3 is 2.71 bits per heavy atom. The summed E-state index contributed by atoms with van der Waals surface area (Å²) in [5.74, 6) is -1.19. The molecule has 0 unspecified atom stereocenters. The first-order chi connectivity index (χ1) is 15.0. The number of allylic oxidation sites excluding steroid dienone is 2. The molecule has 0 saturated heterocycles. The highest BCUT2D eigenvalue weighted by molar-refractivity contribution is 5.86. The Kier molecular flexibility index (Phi) is 10.8. The smallest absolute Gasteiger partial charge is 0.305 e. The number of hydrogen-bond acceptors (Lipinski definition) is 5. The van der Waals surface area contributed by atoms with Gasteiger partial charge in [0.15, 0.2) is 0 Å². The summed E-state index contributed by atoms with van der Waals surface area (Å²) >= 11 is 0. The van der Waals surface area contributed by atoms with E-state index in [2.05, 4.69) is 5.32 Å². The maximum absolute atomic E-state index is 13.0. The number of nitrogens with one attached hydrogen (secondary N) is 1. The Labute approximate surface area is 184 Å². The van der Waals surface area contributed by atoms with Gasteiger partial charge in [-0.25, -0.2) is 0 Å². The lowest BCUT2D eigenvalue weighted by Crippen LogP contribution is -2.42. The van der Waals surface area contributed by atoms with Crippen molar-refractivity contribution >= 4 is 17.8 Å². The zero-order valence-corrected chi connectivity index (χ0v) is 18.3. The van der Waals surface area contributed by atoms with Gasteiger partial charge in [0, 0.05) is 25.9 Å². The van der Waals surface area contributed by atoms with Crippen LogP contribution in [0.2, 0.25) is 0 Å². The van der Waals surface area contributed by atoms with Crippen LogP contribution < -0.4 is 5.32 Å². The van der Waals surface area contributed by atoms with Crippen molar-refractivity contribution < 1.29 is 24.2 Å². The van der Waals surface area contributed by atoms with Gasteiger partial charge in [-0.1, -0.05) is 42.5 Å². The summed E-state index contributed by atoms with van der Waals surface area (Å²) in [6.07, 6.45) is 7.29. The second-order valence-electron chi connectivity index (χ2n) is 7.97. The zero-order chi connectivity index (χ0) is 22.5. The number of amides is 2. The van der Waals surface area contributed by atoms with Gasteiger partial charge in [0.2, 0.25) is 11.8 Å². The largest absolute Gasteiger partial charge is 0.464 e. The summed E-state index contributed by atoms with van der Waals surface area (Å²) in [5.41, 5.74) is 0.968. The lowest BCUT2D eigenvalue weighted by atomic mass is 9.98. The van der Waals surface area contributed by atoms with E-state index in [-0.39, 0.29) is 50.0 Å². The number of esters is 1. The summed E-state index contributed by atoms with van der Waals surface area (Å²) in [7, 11) is 0. The predicted octanol–water partition coefficient (Wildman–Crippen LogP) is 2.58. The minimum atomic E-state index is -0.526. The topological polar surface area (TPSA) is 95.9 Å². The Morgan fingerprint density at radius 1 is 1.19 bits per heavy atom. The summed E-state index contributed by atoms with van der Waals surface area (Å²) in [5, 5.41) is 12.3. The molecule has 170 valence electrons. The van der Waals surface area contributed by atoms with Crippen molar-refractivity contribution in [3.8, 4) is 0 Å². The van der Waals surface area contributed by atoms with Crippen LogP contribution in [0.1, 0.15) is 51.0 Å². The molecule has 1 aromatic rings. The first-order valence-corrected chi connectivity index (χ1v) is 11.0. The number of rotatable bonds is 6. The minimum absolute atomic E-state index is 0.0511. The van der Waals surface area contributed by atoms with Crippen molar-refractivity contribution in [1.82, 2.24) is 10.2 Å². The van der Waals surface area contributed by atoms with Crippen LogP contribution in [0, 0.1) is 5.92 Å². The molecule has 1 aliphatic heterocycles. The molecular formula is C24H34N2O5. The van der Waals surface area contributed by atoms with Crippen LogP contribution >= 0.6 is 0 Å². The molecule has 0 radical (unpaired) electrons. The maximum Gasteiger partial charge on any atom is 0.305 e. The number of benzene rings is 1. The summed E-state index contributed by atoms with van der Waals surface area (Å²) in [6, 6.07) is 9.24. The first-order valence-electron chi connectivity index (χ1n) is 11.0. The summed E-state index contributed by atoms with van der Waals surface area (Å²) in [4.78, 5) is 39.2. The van der Waals surface area contributed by atoms with Gasteiger partial charge in [0.1, 0.15) is 6.61 Å². The van der Waals surface area contributed by atoms with E-state index >= 15 is 0 Å². The van der Waals surface area contributed by atoms with Gasteiger partial charge < -0.3 is 20.1 Å². The Balaban J connectivity index is 2.06. The quantitative estimate of drug-likeness (QED) is 0.534. The van der Waals surface area contributed by atoms with E-state index in [1.54, 1.807) is 11.8 Å². The van der Waals surface area contributed by atoms with Crippen molar-refractivity contribution in [2.24, 2.45) is 5.92 Å². The Morgan fingerprint density at radius 2 is 1.97 bits per heavy atom. The van der Waals surface area contributed by atoms with Crippen molar-refractivity contribution in [2.75, 3.05) is 19.8 Å². The van der Waals surface area contributed by atoms with Crippen molar-refractivity contribution in [3.05, 3.63) is 48.0 Å². The molecule has 2 rings (SSSR count). The molecule has 0 aromatic heterocycles. The highest BCUT2D eigenvalue weighted by Gasteiger charge is 2.25. The van der Waals surface area contributed by atoms with Crippen LogP contribution in [0.5, 0.6) is 0 Å². The number of nitrogens with zero attached hydrogens (tertiary/aromatic N) is 1. The molecule has 0 spiro atoms. The lowest BCUT2D eigenvalue weighted by molar-refractivity contribution is -0.145. The molecule has 1 heterocycles. The van der Waals surface area contributed by atoms with Gasteiger partial charge in [-0.2, -0.15) is 0 Å². The third-order valence-electron chi connectivity index (χ3n) is 5.20. The predicted molar refractivity (Wildman–Crippen MR) is 118 cm³/mol.